The average Bonchev–Trinajstić information content (AvgIpc) is 2.58. The van der Waals surface area contributed by atoms with Gasteiger partial charge in [-0.25, -0.2) is 4.79 Å². The number of rotatable bonds is 8. The van der Waals surface area contributed by atoms with Gasteiger partial charge in [0.15, 0.2) is 0 Å². The van der Waals surface area contributed by atoms with E-state index in [2.05, 4.69) is 19.6 Å². The maximum absolute atomic E-state index is 11.3. The van der Waals surface area contributed by atoms with Crippen molar-refractivity contribution in [1.29, 1.82) is 0 Å². The molecule has 1 aliphatic rings. The lowest BCUT2D eigenvalue weighted by molar-refractivity contribution is 0.0692. The molecule has 0 amide bonds. The molecule has 2 atom stereocenters. The first kappa shape index (κ1) is 21.8. The predicted molar refractivity (Wildman–Crippen MR) is 111 cm³/mol. The van der Waals surface area contributed by atoms with Crippen molar-refractivity contribution in [2.24, 2.45) is 0 Å². The van der Waals surface area contributed by atoms with E-state index in [1.807, 2.05) is 19.9 Å². The number of ether oxygens (including phenoxy) is 1. The fourth-order valence-electron chi connectivity index (χ4n) is 3.30. The second-order valence-corrected chi connectivity index (χ2v) is 7.87. The van der Waals surface area contributed by atoms with Gasteiger partial charge in [0.25, 0.3) is 0 Å². The first-order chi connectivity index (χ1) is 13.0. The van der Waals surface area contributed by atoms with Gasteiger partial charge in [-0.2, -0.15) is 0 Å². The van der Waals surface area contributed by atoms with Gasteiger partial charge >= 0.3 is 5.97 Å². The normalized spacial score (nSPS) is 19.7. The Bertz CT molecular complexity index is 834. The van der Waals surface area contributed by atoms with E-state index in [0.29, 0.717) is 23.3 Å². The van der Waals surface area contributed by atoms with Gasteiger partial charge in [0.1, 0.15) is 22.7 Å². The molecule has 3 N–H and O–H groups in total. The summed E-state index contributed by atoms with van der Waals surface area (Å²) in [6.45, 7) is 11.3. The molecule has 5 heteroatoms. The number of aliphatic hydroxyl groups is 1. The number of aliphatic hydroxyl groups excluding tert-OH is 1. The molecule has 0 unspecified atom stereocenters. The smallest absolute Gasteiger partial charge is 0.339 e. The number of hydrogen-bond donors (Lipinski definition) is 3. The van der Waals surface area contributed by atoms with Crippen LogP contribution in [0.5, 0.6) is 11.5 Å². The fraction of sp³-hybridized carbons (Fsp3) is 0.435. The number of fused-ring (bicyclic) bond motifs is 1. The minimum atomic E-state index is -1.16. The molecule has 0 fully saturated rings. The molecule has 2 rings (SSSR count). The van der Waals surface area contributed by atoms with Crippen LogP contribution in [-0.4, -0.2) is 33.0 Å². The van der Waals surface area contributed by atoms with Crippen molar-refractivity contribution in [2.75, 3.05) is 0 Å². The van der Waals surface area contributed by atoms with Crippen molar-refractivity contribution in [3.63, 3.8) is 0 Å². The summed E-state index contributed by atoms with van der Waals surface area (Å²) >= 11 is 0. The molecule has 5 nitrogen and oxygen atoms in total. The number of carboxylic acid groups (broad SMARTS) is 1. The van der Waals surface area contributed by atoms with Crippen LogP contribution in [0.15, 0.2) is 35.9 Å². The number of benzene rings is 1. The molecule has 0 saturated carbocycles. The Morgan fingerprint density at radius 3 is 2.68 bits per heavy atom. The molecule has 28 heavy (non-hydrogen) atoms. The first-order valence-corrected chi connectivity index (χ1v) is 9.51. The van der Waals surface area contributed by atoms with E-state index in [1.54, 1.807) is 19.1 Å². The second kappa shape index (κ2) is 8.65. The highest BCUT2D eigenvalue weighted by molar-refractivity contribution is 5.95. The second-order valence-electron chi connectivity index (χ2n) is 7.87. The fourth-order valence-corrected chi connectivity index (χ4v) is 3.30. The molecule has 0 spiro atoms. The Morgan fingerprint density at radius 2 is 2.07 bits per heavy atom. The molecule has 0 aromatic heterocycles. The molecule has 1 heterocycles. The summed E-state index contributed by atoms with van der Waals surface area (Å²) in [5, 5.41) is 29.4. The van der Waals surface area contributed by atoms with E-state index in [4.69, 9.17) is 4.74 Å². The predicted octanol–water partition coefficient (Wildman–Crippen LogP) is 5.01. The van der Waals surface area contributed by atoms with Crippen molar-refractivity contribution in [1.82, 2.24) is 0 Å². The lowest BCUT2D eigenvalue weighted by atomic mass is 9.92. The van der Waals surface area contributed by atoms with Gasteiger partial charge in [-0.05, 0) is 77.2 Å². The van der Waals surface area contributed by atoms with Crippen LogP contribution in [0, 0.1) is 6.92 Å². The summed E-state index contributed by atoms with van der Waals surface area (Å²) in [6.07, 6.45) is 8.32. The third-order valence-electron chi connectivity index (χ3n) is 5.17. The van der Waals surface area contributed by atoms with E-state index in [9.17, 15) is 20.1 Å². The number of allylic oxidation sites excluding steroid dienone is 2. The van der Waals surface area contributed by atoms with Gasteiger partial charge in [-0.3, -0.25) is 0 Å². The van der Waals surface area contributed by atoms with E-state index in [0.717, 1.165) is 24.8 Å². The molecular weight excluding hydrogens is 356 g/mol. The van der Waals surface area contributed by atoms with Crippen molar-refractivity contribution in [2.45, 2.75) is 65.1 Å². The van der Waals surface area contributed by atoms with Crippen molar-refractivity contribution >= 4 is 12.0 Å². The summed E-state index contributed by atoms with van der Waals surface area (Å²) in [7, 11) is 0. The maximum atomic E-state index is 11.3. The molecule has 1 aromatic carbocycles. The van der Waals surface area contributed by atoms with Crippen LogP contribution in [-0.2, 0) is 0 Å². The Balaban J connectivity index is 2.04. The van der Waals surface area contributed by atoms with Crippen LogP contribution in [0.2, 0.25) is 0 Å². The van der Waals surface area contributed by atoms with Crippen LogP contribution < -0.4 is 4.74 Å². The van der Waals surface area contributed by atoms with Crippen molar-refractivity contribution < 1.29 is 24.9 Å². The van der Waals surface area contributed by atoms with Gasteiger partial charge in [-0.1, -0.05) is 23.8 Å². The minimum absolute atomic E-state index is 0.0916. The van der Waals surface area contributed by atoms with Crippen molar-refractivity contribution in [3.05, 3.63) is 52.6 Å². The SMILES string of the molecule is C=C(C)[C@H](O)CC/C(C)=C/CC[C@]1(C)C=Cc2c(cc(C)c(C(=O)O)c2O)O1. The zero-order valence-corrected chi connectivity index (χ0v) is 17.1. The van der Waals surface area contributed by atoms with Crippen LogP contribution in [0.1, 0.15) is 67.9 Å². The Hall–Kier alpha value is -2.53. The molecule has 0 aliphatic carbocycles. The largest absolute Gasteiger partial charge is 0.506 e. The summed E-state index contributed by atoms with van der Waals surface area (Å²) in [5.74, 6) is -0.917. The molecule has 0 bridgehead atoms. The van der Waals surface area contributed by atoms with Gasteiger partial charge in [0.2, 0.25) is 0 Å². The number of hydrogen-bond acceptors (Lipinski definition) is 4. The minimum Gasteiger partial charge on any atom is -0.506 e. The number of carboxylic acids is 1. The van der Waals surface area contributed by atoms with Crippen LogP contribution in [0.25, 0.3) is 6.08 Å². The summed E-state index contributed by atoms with van der Waals surface area (Å²) in [4.78, 5) is 11.3. The molecular formula is C23H30O5. The average molecular weight is 386 g/mol. The third kappa shape index (κ3) is 5.04. The zero-order valence-electron chi connectivity index (χ0n) is 17.1. The molecule has 1 aromatic rings. The monoisotopic (exact) mass is 386 g/mol. The van der Waals surface area contributed by atoms with E-state index >= 15 is 0 Å². The number of phenols is 1. The Morgan fingerprint density at radius 1 is 1.39 bits per heavy atom. The quantitative estimate of drug-likeness (QED) is 0.547. The number of aromatic hydroxyl groups is 1. The van der Waals surface area contributed by atoms with Crippen LogP contribution in [0.3, 0.4) is 0 Å². The number of aromatic carboxylic acids is 1. The summed E-state index contributed by atoms with van der Waals surface area (Å²) in [5.41, 5.74) is 2.23. The number of aryl methyl sites for hydroxylation is 1. The van der Waals surface area contributed by atoms with Crippen LogP contribution >= 0.6 is 0 Å². The topological polar surface area (TPSA) is 87.0 Å². The van der Waals surface area contributed by atoms with Gasteiger partial charge in [0.05, 0.1) is 11.7 Å². The van der Waals surface area contributed by atoms with E-state index in [-0.39, 0.29) is 11.3 Å². The summed E-state index contributed by atoms with van der Waals surface area (Å²) in [6, 6.07) is 1.67. The molecule has 0 radical (unpaired) electrons. The lowest BCUT2D eigenvalue weighted by Gasteiger charge is -2.32. The highest BCUT2D eigenvalue weighted by Gasteiger charge is 2.30. The van der Waals surface area contributed by atoms with E-state index in [1.165, 1.54) is 5.57 Å². The number of carbonyl (C=O) groups is 1. The first-order valence-electron chi connectivity index (χ1n) is 9.51. The maximum Gasteiger partial charge on any atom is 0.339 e. The highest BCUT2D eigenvalue weighted by atomic mass is 16.5. The highest BCUT2D eigenvalue weighted by Crippen LogP contribution is 2.41. The Kier molecular flexibility index (Phi) is 6.73. The van der Waals surface area contributed by atoms with Crippen LogP contribution in [0.4, 0.5) is 0 Å². The molecule has 0 saturated heterocycles. The van der Waals surface area contributed by atoms with Gasteiger partial charge in [0, 0.05) is 0 Å². The summed E-state index contributed by atoms with van der Waals surface area (Å²) < 4.78 is 6.11. The van der Waals surface area contributed by atoms with Gasteiger partial charge < -0.3 is 20.1 Å². The standard InChI is InChI=1S/C23H30O5/c1-14(2)18(24)9-8-15(3)7-6-11-23(5)12-10-17-19(28-23)13-16(4)20(21(17)25)22(26)27/h7,10,12-13,18,24-25H,1,6,8-9,11H2,2-5H3,(H,26,27)/b15-7+/t18-,23-/m1/s1. The Labute approximate surface area is 166 Å². The third-order valence-corrected chi connectivity index (χ3v) is 5.17. The van der Waals surface area contributed by atoms with Gasteiger partial charge in [-0.15, -0.1) is 0 Å². The molecule has 1 aliphatic heterocycles. The van der Waals surface area contributed by atoms with E-state index < -0.39 is 17.7 Å². The lowest BCUT2D eigenvalue weighted by Crippen LogP contribution is -2.31. The molecule has 152 valence electrons. The zero-order chi connectivity index (χ0) is 21.1. The van der Waals surface area contributed by atoms with Crippen molar-refractivity contribution in [3.8, 4) is 11.5 Å².